The van der Waals surface area contributed by atoms with Crippen molar-refractivity contribution in [3.05, 3.63) is 136 Å². The molecule has 1 heterocycles. The number of hydrogen-bond acceptors (Lipinski definition) is 7. The molecule has 4 aromatic rings. The number of carbonyl (C=O) groups is 1. The van der Waals surface area contributed by atoms with Gasteiger partial charge < -0.3 is 14.6 Å². The molecule has 10 nitrogen and oxygen atoms in total. The monoisotopic (exact) mass is 672 g/mol. The fourth-order valence-corrected chi connectivity index (χ4v) is 6.82. The van der Waals surface area contributed by atoms with Crippen LogP contribution in [0.1, 0.15) is 66.9 Å². The summed E-state index contributed by atoms with van der Waals surface area (Å²) in [6.07, 6.45) is 5.93. The van der Waals surface area contributed by atoms with Gasteiger partial charge in [-0.3, -0.25) is 10.2 Å². The predicted octanol–water partition coefficient (Wildman–Crippen LogP) is 7.63. The van der Waals surface area contributed by atoms with Crippen LogP contribution in [0.5, 0.6) is 5.75 Å². The number of azide groups is 1. The van der Waals surface area contributed by atoms with Crippen LogP contribution < -0.4 is 15.6 Å². The Bertz CT molecular complexity index is 1790. The lowest BCUT2D eigenvalue weighted by Gasteiger charge is -2.32. The van der Waals surface area contributed by atoms with E-state index >= 15 is 0 Å². The normalized spacial score (nSPS) is 18.8. The minimum absolute atomic E-state index is 0.0576. The number of nitrogens with zero attached hydrogens (tertiary/aromatic N) is 4. The Hall–Kier alpha value is -5.15. The van der Waals surface area contributed by atoms with Crippen molar-refractivity contribution in [3.63, 3.8) is 0 Å². The van der Waals surface area contributed by atoms with E-state index in [0.717, 1.165) is 40.7 Å². The van der Waals surface area contributed by atoms with Crippen molar-refractivity contribution >= 4 is 11.8 Å². The van der Waals surface area contributed by atoms with Gasteiger partial charge in [-0.15, -0.1) is 0 Å². The quantitative estimate of drug-likeness (QED) is 0.0392. The lowest BCUT2D eigenvalue weighted by atomic mass is 9.80. The summed E-state index contributed by atoms with van der Waals surface area (Å²) >= 11 is 0. The first-order chi connectivity index (χ1) is 24.6. The molecule has 1 aliphatic carbocycles. The highest BCUT2D eigenvalue weighted by Gasteiger charge is 2.53. The Morgan fingerprint density at radius 1 is 0.900 bits per heavy atom. The first-order valence-corrected chi connectivity index (χ1v) is 17.5. The molecule has 1 saturated carbocycles. The molecule has 2 aliphatic rings. The highest BCUT2D eigenvalue weighted by molar-refractivity contribution is 6.01. The van der Waals surface area contributed by atoms with E-state index in [0.29, 0.717) is 42.7 Å². The smallest absolute Gasteiger partial charge is 0.266 e. The van der Waals surface area contributed by atoms with Crippen LogP contribution in [-0.2, 0) is 22.5 Å². The third kappa shape index (κ3) is 8.34. The summed E-state index contributed by atoms with van der Waals surface area (Å²) in [4.78, 5) is 22.9. The number of rotatable bonds is 15. The molecule has 2 atom stereocenters. The number of nitrogens with one attached hydrogen (secondary N) is 2. The predicted molar refractivity (Wildman–Crippen MR) is 194 cm³/mol. The zero-order valence-electron chi connectivity index (χ0n) is 28.2. The molecule has 1 fully saturated rings. The molecule has 6 rings (SSSR count). The van der Waals surface area contributed by atoms with Gasteiger partial charge in [-0.2, -0.15) is 0 Å². The lowest BCUT2D eigenvalue weighted by Crippen LogP contribution is -2.54. The second-order valence-corrected chi connectivity index (χ2v) is 13.0. The topological polar surface area (TPSA) is 141 Å². The molecule has 0 saturated heterocycles. The number of aliphatic hydroxyl groups excluding tert-OH is 1. The lowest BCUT2D eigenvalue weighted by molar-refractivity contribution is -0.130. The molecule has 0 spiro atoms. The number of aliphatic hydroxyl groups is 1. The van der Waals surface area contributed by atoms with Gasteiger partial charge in [-0.05, 0) is 76.4 Å². The summed E-state index contributed by atoms with van der Waals surface area (Å²) in [6.45, 7) is 1.29. The number of hydrogen-bond donors (Lipinski definition) is 3. The van der Waals surface area contributed by atoms with Gasteiger partial charge >= 0.3 is 0 Å². The van der Waals surface area contributed by atoms with Crippen LogP contribution in [-0.4, -0.2) is 42.2 Å². The standard InChI is InChI=1S/C40H44N6O4/c41-46-43-28-35-15-8-7-14-34(35)26-40(39(48)45-42-27-29-10-3-1-4-11-29)37(32-18-16-31(17-19-32)30-12-5-2-6-13-30)50-38(44-40)33-20-22-36(23-21-33)49-25-9-24-47/h2,5-8,12-23,29,37,42,47H,1,3-4,9-11,24-28H2,(H,45,48)/t37-,40-/m0/s1. The van der Waals surface area contributed by atoms with E-state index in [4.69, 9.17) is 25.1 Å². The summed E-state index contributed by atoms with van der Waals surface area (Å²) in [5, 5.41) is 13.0. The zero-order chi connectivity index (χ0) is 34.6. The molecule has 10 heteroatoms. The zero-order valence-corrected chi connectivity index (χ0v) is 28.2. The van der Waals surface area contributed by atoms with E-state index < -0.39 is 11.6 Å². The number of ether oxygens (including phenoxy) is 2. The highest BCUT2D eigenvalue weighted by Crippen LogP contribution is 2.43. The SMILES string of the molecule is [N-]=[N+]=NCc1ccccc1C[C@]1(C(=O)NNCC2CCCCC2)N=C(c2ccc(OCCCO)cc2)O[C@H]1c1ccc(-c2ccccc2)cc1. The Morgan fingerprint density at radius 3 is 2.30 bits per heavy atom. The van der Waals surface area contributed by atoms with Crippen LogP contribution >= 0.6 is 0 Å². The van der Waals surface area contributed by atoms with Crippen LogP contribution in [0.25, 0.3) is 21.6 Å². The van der Waals surface area contributed by atoms with Crippen LogP contribution in [0, 0.1) is 5.92 Å². The molecule has 4 aromatic carbocycles. The van der Waals surface area contributed by atoms with Crippen LogP contribution in [0.2, 0.25) is 0 Å². The average Bonchev–Trinajstić information content (AvgIpc) is 3.56. The summed E-state index contributed by atoms with van der Waals surface area (Å²) in [7, 11) is 0. The van der Waals surface area contributed by atoms with Gasteiger partial charge in [0.15, 0.2) is 11.6 Å². The summed E-state index contributed by atoms with van der Waals surface area (Å²) in [5.41, 5.74) is 19.3. The Kier molecular flexibility index (Phi) is 11.8. The molecule has 0 radical (unpaired) electrons. The molecule has 0 unspecified atom stereocenters. The average molecular weight is 673 g/mol. The largest absolute Gasteiger partial charge is 0.494 e. The molecular weight excluding hydrogens is 628 g/mol. The van der Waals surface area contributed by atoms with Gasteiger partial charge in [0.2, 0.25) is 5.90 Å². The Labute approximate surface area is 293 Å². The fraction of sp³-hybridized carbons (Fsp3) is 0.350. The van der Waals surface area contributed by atoms with E-state index in [1.165, 1.54) is 19.3 Å². The van der Waals surface area contributed by atoms with E-state index in [9.17, 15) is 4.79 Å². The molecule has 3 N–H and O–H groups in total. The number of aliphatic imine (C=N–C) groups is 1. The fourth-order valence-electron chi connectivity index (χ4n) is 6.82. The van der Waals surface area contributed by atoms with E-state index in [-0.39, 0.29) is 25.5 Å². The molecule has 1 aliphatic heterocycles. The van der Waals surface area contributed by atoms with Gasteiger partial charge in [0, 0.05) is 36.5 Å². The third-order valence-corrected chi connectivity index (χ3v) is 9.55. The van der Waals surface area contributed by atoms with Crippen molar-refractivity contribution < 1.29 is 19.4 Å². The first kappa shape index (κ1) is 34.7. The van der Waals surface area contributed by atoms with E-state index in [1.54, 1.807) is 0 Å². The molecular formula is C40H44N6O4. The van der Waals surface area contributed by atoms with Gasteiger partial charge in [-0.25, -0.2) is 10.4 Å². The van der Waals surface area contributed by atoms with Gasteiger partial charge in [0.1, 0.15) is 5.75 Å². The van der Waals surface area contributed by atoms with Crippen LogP contribution in [0.4, 0.5) is 0 Å². The number of benzene rings is 4. The summed E-state index contributed by atoms with van der Waals surface area (Å²) in [6, 6.07) is 33.3. The molecule has 0 aromatic heterocycles. The van der Waals surface area contributed by atoms with E-state index in [2.05, 4.69) is 33.0 Å². The van der Waals surface area contributed by atoms with Crippen molar-refractivity contribution in [1.29, 1.82) is 0 Å². The minimum atomic E-state index is -1.41. The van der Waals surface area contributed by atoms with Crippen molar-refractivity contribution in [1.82, 2.24) is 10.9 Å². The van der Waals surface area contributed by atoms with Gasteiger partial charge in [0.25, 0.3) is 5.91 Å². The van der Waals surface area contributed by atoms with Crippen LogP contribution in [0.15, 0.2) is 113 Å². The number of amides is 1. The molecule has 1 amide bonds. The van der Waals surface area contributed by atoms with Crippen molar-refractivity contribution in [2.45, 2.75) is 63.1 Å². The summed E-state index contributed by atoms with van der Waals surface area (Å²) < 4.78 is 12.5. The maximum Gasteiger partial charge on any atom is 0.266 e. The maximum absolute atomic E-state index is 14.7. The third-order valence-electron chi connectivity index (χ3n) is 9.55. The van der Waals surface area contributed by atoms with Gasteiger partial charge in [0.05, 0.1) is 13.2 Å². The van der Waals surface area contributed by atoms with Crippen molar-refractivity contribution in [3.8, 4) is 16.9 Å². The number of hydrazine groups is 1. The minimum Gasteiger partial charge on any atom is -0.494 e. The number of carbonyl (C=O) groups excluding carboxylic acids is 1. The van der Waals surface area contributed by atoms with Crippen molar-refractivity contribution in [2.75, 3.05) is 19.8 Å². The van der Waals surface area contributed by atoms with Gasteiger partial charge in [-0.1, -0.05) is 103 Å². The highest BCUT2D eigenvalue weighted by atomic mass is 16.5. The molecule has 258 valence electrons. The molecule has 0 bridgehead atoms. The second kappa shape index (κ2) is 17.0. The van der Waals surface area contributed by atoms with Crippen molar-refractivity contribution in [2.24, 2.45) is 16.0 Å². The van der Waals surface area contributed by atoms with E-state index in [1.807, 2.05) is 91.0 Å². The molecule has 50 heavy (non-hydrogen) atoms. The maximum atomic E-state index is 14.7. The Balaban J connectivity index is 1.39. The second-order valence-electron chi connectivity index (χ2n) is 13.0. The Morgan fingerprint density at radius 2 is 1.58 bits per heavy atom. The first-order valence-electron chi connectivity index (χ1n) is 17.5. The van der Waals surface area contributed by atoms with Crippen LogP contribution in [0.3, 0.4) is 0 Å². The summed E-state index contributed by atoms with van der Waals surface area (Å²) in [5.74, 6) is 1.21.